The zero-order valence-electron chi connectivity index (χ0n) is 13.9. The van der Waals surface area contributed by atoms with Crippen molar-refractivity contribution >= 4 is 40.2 Å². The normalized spacial score (nSPS) is 18.8. The minimum Gasteiger partial charge on any atom is -0.369 e. The van der Waals surface area contributed by atoms with Crippen LogP contribution >= 0.6 is 23.1 Å². The van der Waals surface area contributed by atoms with E-state index in [2.05, 4.69) is 22.1 Å². The van der Waals surface area contributed by atoms with Crippen molar-refractivity contribution in [3.63, 3.8) is 0 Å². The van der Waals surface area contributed by atoms with Crippen molar-refractivity contribution in [3.8, 4) is 0 Å². The molecule has 1 fully saturated rings. The Labute approximate surface area is 154 Å². The lowest BCUT2D eigenvalue weighted by Gasteiger charge is -2.21. The van der Waals surface area contributed by atoms with Gasteiger partial charge in [-0.25, -0.2) is 0 Å². The van der Waals surface area contributed by atoms with Gasteiger partial charge in [0, 0.05) is 4.91 Å². The molecule has 1 aliphatic rings. The smallest absolute Gasteiger partial charge is 0.245 e. The number of aryl methyl sites for hydroxylation is 2. The van der Waals surface area contributed by atoms with Gasteiger partial charge in [-0.05, 0) is 25.5 Å². The molecule has 0 spiro atoms. The predicted molar refractivity (Wildman–Crippen MR) is 102 cm³/mol. The quantitative estimate of drug-likeness (QED) is 0.857. The zero-order valence-corrected chi connectivity index (χ0v) is 15.5. The SMILES string of the molecule is C=C1S/C(=C\c2ccc(C)cc2)C(O)N1CC(=O)Nc1nnc(C)s1. The fourth-order valence-electron chi connectivity index (χ4n) is 2.30. The number of carbonyl (C=O) groups is 1. The molecule has 1 saturated heterocycles. The molecule has 130 valence electrons. The summed E-state index contributed by atoms with van der Waals surface area (Å²) in [6, 6.07) is 8.02. The topological polar surface area (TPSA) is 78.4 Å². The zero-order chi connectivity index (χ0) is 18.0. The van der Waals surface area contributed by atoms with E-state index in [-0.39, 0.29) is 12.5 Å². The maximum Gasteiger partial charge on any atom is 0.245 e. The van der Waals surface area contributed by atoms with Crippen LogP contribution in [0.25, 0.3) is 6.08 Å². The molecule has 0 saturated carbocycles. The van der Waals surface area contributed by atoms with Crippen LogP contribution in [0.2, 0.25) is 0 Å². The summed E-state index contributed by atoms with van der Waals surface area (Å²) < 4.78 is 0. The highest BCUT2D eigenvalue weighted by atomic mass is 32.2. The van der Waals surface area contributed by atoms with Crippen LogP contribution in [0.1, 0.15) is 16.1 Å². The lowest BCUT2D eigenvalue weighted by molar-refractivity contribution is -0.118. The van der Waals surface area contributed by atoms with Gasteiger partial charge in [-0.1, -0.05) is 59.5 Å². The molecule has 2 heterocycles. The highest BCUT2D eigenvalue weighted by molar-refractivity contribution is 8.07. The van der Waals surface area contributed by atoms with E-state index in [1.807, 2.05) is 44.2 Å². The van der Waals surface area contributed by atoms with Crippen molar-refractivity contribution in [3.05, 3.63) is 56.9 Å². The average Bonchev–Trinajstić information content (AvgIpc) is 3.08. The number of aliphatic hydroxyl groups excluding tert-OH is 1. The summed E-state index contributed by atoms with van der Waals surface area (Å²) in [5, 5.41) is 22.8. The minimum absolute atomic E-state index is 0.00311. The highest BCUT2D eigenvalue weighted by Gasteiger charge is 2.32. The van der Waals surface area contributed by atoms with Crippen LogP contribution in [0.3, 0.4) is 0 Å². The largest absolute Gasteiger partial charge is 0.369 e. The molecule has 0 radical (unpaired) electrons. The number of hydrogen-bond donors (Lipinski definition) is 2. The molecule has 6 nitrogen and oxygen atoms in total. The number of nitrogens with zero attached hydrogens (tertiary/aromatic N) is 3. The molecular weight excluding hydrogens is 356 g/mol. The number of thioether (sulfide) groups is 1. The summed E-state index contributed by atoms with van der Waals surface area (Å²) >= 11 is 2.68. The lowest BCUT2D eigenvalue weighted by atomic mass is 10.1. The summed E-state index contributed by atoms with van der Waals surface area (Å²) in [5.41, 5.74) is 2.17. The molecule has 0 aliphatic carbocycles. The van der Waals surface area contributed by atoms with Crippen molar-refractivity contribution < 1.29 is 9.90 Å². The standard InChI is InChI=1S/C17H18N4O2S2/c1-10-4-6-13(7-5-10)8-14-16(23)21(12(3)25-14)9-15(22)18-17-20-19-11(2)24-17/h4-8,16,23H,3,9H2,1-2H3,(H,18,20,22)/b14-8-. The average molecular weight is 374 g/mol. The number of nitrogens with one attached hydrogen (secondary N) is 1. The third-order valence-corrected chi connectivity index (χ3v) is 5.37. The third kappa shape index (κ3) is 4.28. The van der Waals surface area contributed by atoms with E-state index < -0.39 is 6.23 Å². The predicted octanol–water partition coefficient (Wildman–Crippen LogP) is 2.97. The molecule has 1 amide bonds. The van der Waals surface area contributed by atoms with Gasteiger partial charge < -0.3 is 10.0 Å². The van der Waals surface area contributed by atoms with E-state index in [0.29, 0.717) is 10.2 Å². The number of benzene rings is 1. The number of anilines is 1. The Kier molecular flexibility index (Phi) is 5.22. The molecule has 3 rings (SSSR count). The minimum atomic E-state index is -0.888. The molecule has 1 unspecified atom stereocenters. The first-order valence-electron chi connectivity index (χ1n) is 7.62. The molecule has 1 aromatic carbocycles. The van der Waals surface area contributed by atoms with Gasteiger partial charge in [0.2, 0.25) is 11.0 Å². The lowest BCUT2D eigenvalue weighted by Crippen LogP contribution is -2.36. The second kappa shape index (κ2) is 7.38. The number of carbonyl (C=O) groups excluding carboxylic acids is 1. The fraction of sp³-hybridized carbons (Fsp3) is 0.235. The molecule has 0 bridgehead atoms. The first-order chi connectivity index (χ1) is 11.9. The van der Waals surface area contributed by atoms with Crippen LogP contribution < -0.4 is 5.32 Å². The van der Waals surface area contributed by atoms with Crippen molar-refractivity contribution in [2.45, 2.75) is 20.1 Å². The number of amides is 1. The number of aliphatic hydroxyl groups is 1. The monoisotopic (exact) mass is 374 g/mol. The first-order valence-corrected chi connectivity index (χ1v) is 9.25. The number of aromatic nitrogens is 2. The Morgan fingerprint density at radius 2 is 2.08 bits per heavy atom. The Hall–Kier alpha value is -2.16. The van der Waals surface area contributed by atoms with Crippen LogP contribution in [0.5, 0.6) is 0 Å². The molecule has 1 aromatic heterocycles. The van der Waals surface area contributed by atoms with Gasteiger partial charge in [0.15, 0.2) is 6.23 Å². The van der Waals surface area contributed by atoms with Crippen LogP contribution in [0, 0.1) is 13.8 Å². The van der Waals surface area contributed by atoms with Crippen molar-refractivity contribution in [1.29, 1.82) is 0 Å². The first kappa shape index (κ1) is 17.7. The third-order valence-electron chi connectivity index (χ3n) is 3.58. The molecule has 8 heteroatoms. The van der Waals surface area contributed by atoms with Crippen molar-refractivity contribution in [2.75, 3.05) is 11.9 Å². The summed E-state index contributed by atoms with van der Waals surface area (Å²) in [6.07, 6.45) is 1.02. The fourth-order valence-corrected chi connectivity index (χ4v) is 3.89. The molecule has 2 aromatic rings. The van der Waals surface area contributed by atoms with Crippen LogP contribution in [-0.2, 0) is 4.79 Å². The summed E-state index contributed by atoms with van der Waals surface area (Å²) in [4.78, 5) is 14.5. The van der Waals surface area contributed by atoms with E-state index in [0.717, 1.165) is 15.5 Å². The van der Waals surface area contributed by atoms with Gasteiger partial charge >= 0.3 is 0 Å². The number of rotatable bonds is 4. The van der Waals surface area contributed by atoms with E-state index in [1.165, 1.54) is 28.7 Å². The highest BCUT2D eigenvalue weighted by Crippen LogP contribution is 2.40. The summed E-state index contributed by atoms with van der Waals surface area (Å²) in [7, 11) is 0. The van der Waals surface area contributed by atoms with Crippen LogP contribution in [0.15, 0.2) is 40.8 Å². The molecule has 1 atom stereocenters. The van der Waals surface area contributed by atoms with Gasteiger partial charge in [0.1, 0.15) is 11.6 Å². The summed E-state index contributed by atoms with van der Waals surface area (Å²) in [6.45, 7) is 7.78. The van der Waals surface area contributed by atoms with E-state index >= 15 is 0 Å². The molecule has 2 N–H and O–H groups in total. The van der Waals surface area contributed by atoms with E-state index in [9.17, 15) is 9.90 Å². The maximum absolute atomic E-state index is 12.2. The van der Waals surface area contributed by atoms with Crippen molar-refractivity contribution in [1.82, 2.24) is 15.1 Å². The maximum atomic E-state index is 12.2. The summed E-state index contributed by atoms with van der Waals surface area (Å²) in [5.74, 6) is -0.270. The Bertz CT molecular complexity index is 829. The second-order valence-electron chi connectivity index (χ2n) is 5.63. The molecule has 25 heavy (non-hydrogen) atoms. The molecular formula is C17H18N4O2S2. The van der Waals surface area contributed by atoms with Crippen LogP contribution in [-0.4, -0.2) is 38.9 Å². The van der Waals surface area contributed by atoms with Gasteiger partial charge in [-0.2, -0.15) is 0 Å². The second-order valence-corrected chi connectivity index (χ2v) is 7.96. The van der Waals surface area contributed by atoms with Gasteiger partial charge in [-0.15, -0.1) is 10.2 Å². The van der Waals surface area contributed by atoms with Crippen molar-refractivity contribution in [2.24, 2.45) is 0 Å². The van der Waals surface area contributed by atoms with Gasteiger partial charge in [0.25, 0.3) is 0 Å². The molecule has 1 aliphatic heterocycles. The van der Waals surface area contributed by atoms with Gasteiger partial charge in [-0.3, -0.25) is 10.1 Å². The Morgan fingerprint density at radius 3 is 2.72 bits per heavy atom. The Balaban J connectivity index is 1.67. The Morgan fingerprint density at radius 1 is 1.36 bits per heavy atom. The van der Waals surface area contributed by atoms with Crippen LogP contribution in [0.4, 0.5) is 5.13 Å². The number of hydrogen-bond acceptors (Lipinski definition) is 7. The van der Waals surface area contributed by atoms with Gasteiger partial charge in [0.05, 0.1) is 5.03 Å². The van der Waals surface area contributed by atoms with E-state index in [1.54, 1.807) is 4.90 Å². The van der Waals surface area contributed by atoms with E-state index in [4.69, 9.17) is 0 Å².